The van der Waals surface area contributed by atoms with Gasteiger partial charge < -0.3 is 9.47 Å². The second-order valence-electron chi connectivity index (χ2n) is 5.66. The fourth-order valence-corrected chi connectivity index (χ4v) is 1.86. The molecule has 1 atom stereocenters. The fraction of sp³-hybridized carbons (Fsp3) is 0.533. The molecule has 0 N–H and O–H groups in total. The van der Waals surface area contributed by atoms with Crippen molar-refractivity contribution in [3.05, 3.63) is 27.8 Å². The molecule has 0 aromatic heterocycles. The maximum atomic E-state index is 11.6. The molecule has 19 heavy (non-hydrogen) atoms. The van der Waals surface area contributed by atoms with Gasteiger partial charge in [0.2, 0.25) is 0 Å². The van der Waals surface area contributed by atoms with E-state index >= 15 is 0 Å². The summed E-state index contributed by atoms with van der Waals surface area (Å²) in [5.41, 5.74) is -0.423. The highest BCUT2D eigenvalue weighted by molar-refractivity contribution is 14.1. The molecular formula is C15H21IO3. The van der Waals surface area contributed by atoms with E-state index in [9.17, 15) is 4.79 Å². The Kier molecular flexibility index (Phi) is 6.10. The summed E-state index contributed by atoms with van der Waals surface area (Å²) in [5.74, 6) is 0.789. The van der Waals surface area contributed by atoms with Crippen LogP contribution in [0.4, 0.5) is 0 Å². The van der Waals surface area contributed by atoms with Gasteiger partial charge in [-0.2, -0.15) is 0 Å². The van der Waals surface area contributed by atoms with Gasteiger partial charge in [-0.3, -0.25) is 4.79 Å². The number of benzene rings is 1. The number of esters is 1. The molecule has 0 saturated carbocycles. The Labute approximate surface area is 128 Å². The van der Waals surface area contributed by atoms with E-state index in [1.165, 1.54) is 3.57 Å². The number of hydrogen-bond acceptors (Lipinski definition) is 3. The molecule has 0 aliphatic carbocycles. The number of halogens is 1. The molecule has 0 amide bonds. The van der Waals surface area contributed by atoms with Crippen LogP contribution in [0.2, 0.25) is 0 Å². The van der Waals surface area contributed by atoms with Gasteiger partial charge in [0.05, 0.1) is 13.0 Å². The number of ether oxygens (including phenoxy) is 2. The van der Waals surface area contributed by atoms with E-state index < -0.39 is 5.60 Å². The van der Waals surface area contributed by atoms with Crippen LogP contribution in [-0.2, 0) is 9.53 Å². The Morgan fingerprint density at radius 3 is 2.37 bits per heavy atom. The lowest BCUT2D eigenvalue weighted by atomic mass is 10.1. The number of rotatable bonds is 5. The predicted molar refractivity (Wildman–Crippen MR) is 84.3 cm³/mol. The molecule has 0 unspecified atom stereocenters. The first-order valence-electron chi connectivity index (χ1n) is 6.36. The van der Waals surface area contributed by atoms with E-state index in [0.717, 1.165) is 5.75 Å². The molecule has 0 bridgehead atoms. The maximum absolute atomic E-state index is 11.6. The van der Waals surface area contributed by atoms with Gasteiger partial charge in [0, 0.05) is 9.49 Å². The van der Waals surface area contributed by atoms with Crippen LogP contribution >= 0.6 is 22.6 Å². The zero-order valence-corrected chi connectivity index (χ0v) is 14.1. The summed E-state index contributed by atoms with van der Waals surface area (Å²) in [6.45, 7) is 8.11. The molecule has 0 saturated heterocycles. The van der Waals surface area contributed by atoms with Gasteiger partial charge in [-0.1, -0.05) is 6.92 Å². The number of carbonyl (C=O) groups excluding carboxylic acids is 1. The molecule has 3 nitrogen and oxygen atoms in total. The summed E-state index contributed by atoms with van der Waals surface area (Å²) in [6.07, 6.45) is 0.377. The highest BCUT2D eigenvalue weighted by Crippen LogP contribution is 2.16. The zero-order chi connectivity index (χ0) is 14.5. The van der Waals surface area contributed by atoms with E-state index in [4.69, 9.17) is 9.47 Å². The third kappa shape index (κ3) is 7.40. The lowest BCUT2D eigenvalue weighted by Crippen LogP contribution is -2.25. The molecular weight excluding hydrogens is 355 g/mol. The van der Waals surface area contributed by atoms with Gasteiger partial charge in [0.25, 0.3) is 0 Å². The topological polar surface area (TPSA) is 35.5 Å². The first-order chi connectivity index (χ1) is 8.76. The van der Waals surface area contributed by atoms with E-state index in [0.29, 0.717) is 13.0 Å². The normalized spacial score (nSPS) is 12.9. The van der Waals surface area contributed by atoms with Crippen LogP contribution in [-0.4, -0.2) is 18.2 Å². The summed E-state index contributed by atoms with van der Waals surface area (Å²) in [4.78, 5) is 11.6. The van der Waals surface area contributed by atoms with Crippen LogP contribution in [0.25, 0.3) is 0 Å². The molecule has 106 valence electrons. The number of hydrogen-bond donors (Lipinski definition) is 0. The smallest absolute Gasteiger partial charge is 0.306 e. The van der Waals surface area contributed by atoms with Crippen LogP contribution in [0.1, 0.15) is 34.1 Å². The van der Waals surface area contributed by atoms with E-state index in [1.54, 1.807) is 0 Å². The Hall–Kier alpha value is -0.780. The summed E-state index contributed by atoms with van der Waals surface area (Å²) < 4.78 is 12.1. The Balaban J connectivity index is 2.33. The molecule has 0 aliphatic heterocycles. The second kappa shape index (κ2) is 7.12. The zero-order valence-electron chi connectivity index (χ0n) is 11.9. The van der Waals surface area contributed by atoms with Crippen LogP contribution < -0.4 is 4.74 Å². The van der Waals surface area contributed by atoms with Crippen molar-refractivity contribution in [2.75, 3.05) is 6.61 Å². The first-order valence-corrected chi connectivity index (χ1v) is 7.44. The molecule has 4 heteroatoms. The van der Waals surface area contributed by atoms with Crippen LogP contribution in [0.3, 0.4) is 0 Å². The standard InChI is InChI=1S/C15H21IO3/c1-11(9-14(17)19-15(2,3)4)10-18-13-7-5-12(16)6-8-13/h5-8,11H,9-10H2,1-4H3/t11-/m1/s1. The Bertz CT molecular complexity index is 406. The van der Waals surface area contributed by atoms with E-state index in [-0.39, 0.29) is 11.9 Å². The fourth-order valence-electron chi connectivity index (χ4n) is 1.50. The molecule has 1 rings (SSSR count). The van der Waals surface area contributed by atoms with Crippen molar-refractivity contribution in [3.63, 3.8) is 0 Å². The monoisotopic (exact) mass is 376 g/mol. The molecule has 0 aliphatic rings. The van der Waals surface area contributed by atoms with E-state index in [1.807, 2.05) is 52.0 Å². The molecule has 1 aromatic rings. The third-order valence-electron chi connectivity index (χ3n) is 2.28. The van der Waals surface area contributed by atoms with Gasteiger partial charge in [-0.25, -0.2) is 0 Å². The Morgan fingerprint density at radius 1 is 1.26 bits per heavy atom. The highest BCUT2D eigenvalue weighted by Gasteiger charge is 2.18. The quantitative estimate of drug-likeness (QED) is 0.575. The molecule has 0 spiro atoms. The SMILES string of the molecule is C[C@@H](COc1ccc(I)cc1)CC(=O)OC(C)(C)C. The van der Waals surface area contributed by atoms with Crippen molar-refractivity contribution in [1.82, 2.24) is 0 Å². The van der Waals surface area contributed by atoms with Gasteiger partial charge in [0.1, 0.15) is 11.4 Å². The summed E-state index contributed by atoms with van der Waals surface area (Å²) in [6, 6.07) is 7.85. The van der Waals surface area contributed by atoms with Crippen molar-refractivity contribution in [3.8, 4) is 5.75 Å². The molecule has 1 aromatic carbocycles. The lowest BCUT2D eigenvalue weighted by Gasteiger charge is -2.21. The van der Waals surface area contributed by atoms with Crippen molar-refractivity contribution in [1.29, 1.82) is 0 Å². The summed E-state index contributed by atoms with van der Waals surface area (Å²) in [5, 5.41) is 0. The minimum absolute atomic E-state index is 0.133. The summed E-state index contributed by atoms with van der Waals surface area (Å²) >= 11 is 2.25. The van der Waals surface area contributed by atoms with Crippen LogP contribution in [0.15, 0.2) is 24.3 Å². The molecule has 0 radical (unpaired) electrons. The summed E-state index contributed by atoms with van der Waals surface area (Å²) in [7, 11) is 0. The van der Waals surface area contributed by atoms with Gasteiger partial charge in [0.15, 0.2) is 0 Å². The molecule has 0 fully saturated rings. The van der Waals surface area contributed by atoms with E-state index in [2.05, 4.69) is 22.6 Å². The minimum Gasteiger partial charge on any atom is -0.493 e. The van der Waals surface area contributed by atoms with Crippen molar-refractivity contribution < 1.29 is 14.3 Å². The van der Waals surface area contributed by atoms with Crippen molar-refractivity contribution in [2.24, 2.45) is 5.92 Å². The largest absolute Gasteiger partial charge is 0.493 e. The maximum Gasteiger partial charge on any atom is 0.306 e. The average Bonchev–Trinajstić information content (AvgIpc) is 2.25. The lowest BCUT2D eigenvalue weighted by molar-refractivity contribution is -0.156. The van der Waals surface area contributed by atoms with Gasteiger partial charge >= 0.3 is 5.97 Å². The number of carbonyl (C=O) groups is 1. The van der Waals surface area contributed by atoms with Crippen LogP contribution in [0.5, 0.6) is 5.75 Å². The molecule has 0 heterocycles. The Morgan fingerprint density at radius 2 is 1.84 bits per heavy atom. The second-order valence-corrected chi connectivity index (χ2v) is 6.91. The van der Waals surface area contributed by atoms with Gasteiger partial charge in [-0.15, -0.1) is 0 Å². The van der Waals surface area contributed by atoms with Crippen molar-refractivity contribution >= 4 is 28.6 Å². The van der Waals surface area contributed by atoms with Crippen molar-refractivity contribution in [2.45, 2.75) is 39.7 Å². The minimum atomic E-state index is -0.423. The first kappa shape index (κ1) is 16.3. The van der Waals surface area contributed by atoms with Gasteiger partial charge in [-0.05, 0) is 67.6 Å². The van der Waals surface area contributed by atoms with Crippen LogP contribution in [0, 0.1) is 9.49 Å². The highest BCUT2D eigenvalue weighted by atomic mass is 127. The third-order valence-corrected chi connectivity index (χ3v) is 3.00. The predicted octanol–water partition coefficient (Wildman–Crippen LogP) is 4.04. The average molecular weight is 376 g/mol.